The van der Waals surface area contributed by atoms with Crippen LogP contribution in [0.3, 0.4) is 0 Å². The van der Waals surface area contributed by atoms with Gasteiger partial charge in [-0.3, -0.25) is 0 Å². The number of rotatable bonds is 3. The first-order valence-corrected chi connectivity index (χ1v) is 6.76. The second kappa shape index (κ2) is 5.06. The van der Waals surface area contributed by atoms with Crippen LogP contribution in [0.1, 0.15) is 22.6 Å². The molecule has 1 N–H and O–H groups in total. The summed E-state index contributed by atoms with van der Waals surface area (Å²) >= 11 is 0. The van der Waals surface area contributed by atoms with Gasteiger partial charge in [0.15, 0.2) is 0 Å². The Balaban J connectivity index is 1.90. The van der Waals surface area contributed by atoms with Crippen LogP contribution in [0, 0.1) is 0 Å². The quantitative estimate of drug-likeness (QED) is 0.909. The summed E-state index contributed by atoms with van der Waals surface area (Å²) in [6.45, 7) is 1.17. The van der Waals surface area contributed by atoms with E-state index in [0.717, 1.165) is 18.5 Å². The summed E-state index contributed by atoms with van der Waals surface area (Å²) < 4.78 is 0. The van der Waals surface area contributed by atoms with Crippen LogP contribution in [0.4, 0.5) is 5.69 Å². The number of aliphatic hydroxyl groups excluding tert-OH is 1. The summed E-state index contributed by atoms with van der Waals surface area (Å²) in [5, 5.41) is 9.30. The molecule has 0 saturated heterocycles. The van der Waals surface area contributed by atoms with Crippen molar-refractivity contribution in [2.45, 2.75) is 18.9 Å². The van der Waals surface area contributed by atoms with Gasteiger partial charge in [-0.2, -0.15) is 0 Å². The summed E-state index contributed by atoms with van der Waals surface area (Å²) in [6, 6.07) is 16.9. The van der Waals surface area contributed by atoms with Crippen molar-refractivity contribution >= 4 is 5.69 Å². The Hall–Kier alpha value is -1.80. The maximum Gasteiger partial charge on any atom is 0.0681 e. The molecule has 0 radical (unpaired) electrons. The fraction of sp³-hybridized carbons (Fsp3) is 0.294. The second-order valence-electron chi connectivity index (χ2n) is 5.32. The molecule has 98 valence electrons. The van der Waals surface area contributed by atoms with E-state index >= 15 is 0 Å². The Bertz CT molecular complexity index is 565. The fourth-order valence-electron chi connectivity index (χ4n) is 2.98. The number of hydrogen-bond donors (Lipinski definition) is 1. The van der Waals surface area contributed by atoms with E-state index in [-0.39, 0.29) is 6.61 Å². The Morgan fingerprint density at radius 1 is 1.11 bits per heavy atom. The number of aliphatic hydroxyl groups is 1. The van der Waals surface area contributed by atoms with Gasteiger partial charge in [0.05, 0.1) is 6.61 Å². The molecule has 1 heterocycles. The molecule has 0 spiro atoms. The summed E-state index contributed by atoms with van der Waals surface area (Å²) in [7, 11) is 2.14. The van der Waals surface area contributed by atoms with Gasteiger partial charge in [0.25, 0.3) is 0 Å². The zero-order valence-corrected chi connectivity index (χ0v) is 11.2. The fourth-order valence-corrected chi connectivity index (χ4v) is 2.98. The largest absolute Gasteiger partial charge is 0.392 e. The molecule has 0 amide bonds. The third-order valence-electron chi connectivity index (χ3n) is 3.94. The van der Waals surface area contributed by atoms with Crippen LogP contribution in [0.2, 0.25) is 0 Å². The van der Waals surface area contributed by atoms with E-state index in [1.54, 1.807) is 0 Å². The summed E-state index contributed by atoms with van der Waals surface area (Å²) in [6.07, 6.45) is 1.06. The lowest BCUT2D eigenvalue weighted by atomic mass is 9.93. The lowest BCUT2D eigenvalue weighted by molar-refractivity contribution is 0.281. The standard InChI is InChI=1S/C17H19NO/c1-18-11-15(9-13-5-3-2-4-6-13)16-10-14(12-19)7-8-17(16)18/h2-8,10,15,19H,9,11-12H2,1H3. The molecule has 1 atom stereocenters. The lowest BCUT2D eigenvalue weighted by Gasteiger charge is -2.12. The summed E-state index contributed by atoms with van der Waals surface area (Å²) in [5.41, 5.74) is 5.06. The molecular weight excluding hydrogens is 234 g/mol. The average Bonchev–Trinajstić information content (AvgIpc) is 2.76. The normalized spacial score (nSPS) is 17.6. The van der Waals surface area contributed by atoms with Crippen molar-refractivity contribution in [1.82, 2.24) is 0 Å². The molecule has 3 rings (SSSR count). The molecule has 2 nitrogen and oxygen atoms in total. The van der Waals surface area contributed by atoms with Crippen LogP contribution in [-0.4, -0.2) is 18.7 Å². The smallest absolute Gasteiger partial charge is 0.0681 e. The SMILES string of the molecule is CN1CC(Cc2ccccc2)c2cc(CO)ccc21. The predicted molar refractivity (Wildman–Crippen MR) is 78.5 cm³/mol. The van der Waals surface area contributed by atoms with Gasteiger partial charge in [-0.25, -0.2) is 0 Å². The Kier molecular flexibility index (Phi) is 3.26. The number of hydrogen-bond acceptors (Lipinski definition) is 2. The van der Waals surface area contributed by atoms with E-state index in [0.29, 0.717) is 5.92 Å². The number of benzene rings is 2. The third kappa shape index (κ3) is 2.36. The zero-order chi connectivity index (χ0) is 13.2. The first kappa shape index (κ1) is 12.2. The van der Waals surface area contributed by atoms with Gasteiger partial charge >= 0.3 is 0 Å². The van der Waals surface area contributed by atoms with Gasteiger partial charge in [-0.15, -0.1) is 0 Å². The highest BCUT2D eigenvalue weighted by atomic mass is 16.3. The van der Waals surface area contributed by atoms with Crippen molar-refractivity contribution in [1.29, 1.82) is 0 Å². The van der Waals surface area contributed by atoms with Crippen molar-refractivity contribution in [2.75, 3.05) is 18.5 Å². The summed E-state index contributed by atoms with van der Waals surface area (Å²) in [5.74, 6) is 0.522. The Labute approximate surface area is 114 Å². The van der Waals surface area contributed by atoms with Crippen LogP contribution in [-0.2, 0) is 13.0 Å². The molecular formula is C17H19NO. The highest BCUT2D eigenvalue weighted by Crippen LogP contribution is 2.37. The average molecular weight is 253 g/mol. The molecule has 0 bridgehead atoms. The van der Waals surface area contributed by atoms with E-state index < -0.39 is 0 Å². The molecule has 2 aromatic carbocycles. The van der Waals surface area contributed by atoms with Gasteiger partial charge in [0, 0.05) is 25.2 Å². The van der Waals surface area contributed by atoms with Crippen LogP contribution in [0.25, 0.3) is 0 Å². The van der Waals surface area contributed by atoms with Gasteiger partial charge in [0.2, 0.25) is 0 Å². The summed E-state index contributed by atoms with van der Waals surface area (Å²) in [4.78, 5) is 2.31. The minimum absolute atomic E-state index is 0.120. The van der Waals surface area contributed by atoms with Gasteiger partial charge in [-0.1, -0.05) is 42.5 Å². The molecule has 19 heavy (non-hydrogen) atoms. The molecule has 0 aliphatic carbocycles. The minimum Gasteiger partial charge on any atom is -0.392 e. The van der Waals surface area contributed by atoms with Crippen molar-refractivity contribution in [3.63, 3.8) is 0 Å². The topological polar surface area (TPSA) is 23.5 Å². The van der Waals surface area contributed by atoms with E-state index in [2.05, 4.69) is 54.4 Å². The predicted octanol–water partition coefficient (Wildman–Crippen LogP) is 2.96. The third-order valence-corrected chi connectivity index (χ3v) is 3.94. The number of nitrogens with zero attached hydrogens (tertiary/aromatic N) is 1. The maximum atomic E-state index is 9.30. The van der Waals surface area contributed by atoms with E-state index in [9.17, 15) is 5.11 Å². The molecule has 0 fully saturated rings. The number of anilines is 1. The molecule has 0 aromatic heterocycles. The number of fused-ring (bicyclic) bond motifs is 1. The van der Waals surface area contributed by atoms with Crippen LogP contribution in [0.15, 0.2) is 48.5 Å². The zero-order valence-electron chi connectivity index (χ0n) is 11.2. The van der Waals surface area contributed by atoms with Gasteiger partial charge < -0.3 is 10.0 Å². The first-order valence-electron chi connectivity index (χ1n) is 6.76. The second-order valence-corrected chi connectivity index (χ2v) is 5.32. The highest BCUT2D eigenvalue weighted by Gasteiger charge is 2.26. The molecule has 1 aliphatic rings. The maximum absolute atomic E-state index is 9.30. The molecule has 1 aliphatic heterocycles. The highest BCUT2D eigenvalue weighted by molar-refractivity contribution is 5.61. The van der Waals surface area contributed by atoms with Gasteiger partial charge in [0.1, 0.15) is 0 Å². The van der Waals surface area contributed by atoms with Crippen molar-refractivity contribution in [3.05, 3.63) is 65.2 Å². The van der Waals surface area contributed by atoms with E-state index in [1.807, 2.05) is 6.07 Å². The monoisotopic (exact) mass is 253 g/mol. The van der Waals surface area contributed by atoms with Crippen LogP contribution < -0.4 is 4.90 Å². The van der Waals surface area contributed by atoms with Crippen LogP contribution in [0.5, 0.6) is 0 Å². The Morgan fingerprint density at radius 2 is 1.89 bits per heavy atom. The van der Waals surface area contributed by atoms with Gasteiger partial charge in [-0.05, 0) is 29.2 Å². The number of likely N-dealkylation sites (N-methyl/N-ethyl adjacent to an activating group) is 1. The minimum atomic E-state index is 0.120. The van der Waals surface area contributed by atoms with E-state index in [1.165, 1.54) is 16.8 Å². The molecule has 2 heteroatoms. The van der Waals surface area contributed by atoms with Crippen molar-refractivity contribution < 1.29 is 5.11 Å². The molecule has 1 unspecified atom stereocenters. The molecule has 0 saturated carbocycles. The van der Waals surface area contributed by atoms with Crippen LogP contribution >= 0.6 is 0 Å². The van der Waals surface area contributed by atoms with Crippen molar-refractivity contribution in [2.24, 2.45) is 0 Å². The molecule has 2 aromatic rings. The first-order chi connectivity index (χ1) is 9.28. The Morgan fingerprint density at radius 3 is 2.63 bits per heavy atom. The lowest BCUT2D eigenvalue weighted by Crippen LogP contribution is -2.16. The van der Waals surface area contributed by atoms with E-state index in [4.69, 9.17) is 0 Å². The van der Waals surface area contributed by atoms with Crippen molar-refractivity contribution in [3.8, 4) is 0 Å².